The van der Waals surface area contributed by atoms with Crippen LogP contribution < -0.4 is 5.56 Å². The zero-order valence-corrected chi connectivity index (χ0v) is 15.9. The highest BCUT2D eigenvalue weighted by molar-refractivity contribution is 5.93. The number of aromatic nitrogens is 5. The molecule has 1 unspecified atom stereocenters. The van der Waals surface area contributed by atoms with Crippen molar-refractivity contribution < 1.29 is 15.0 Å². The van der Waals surface area contributed by atoms with Crippen molar-refractivity contribution >= 4 is 16.9 Å². The van der Waals surface area contributed by atoms with Gasteiger partial charge in [-0.2, -0.15) is 0 Å². The molecule has 0 spiro atoms. The number of aromatic carboxylic acids is 1. The Balaban J connectivity index is 2.00. The Morgan fingerprint density at radius 2 is 2.00 bits per heavy atom. The van der Waals surface area contributed by atoms with Crippen molar-refractivity contribution in [3.05, 3.63) is 71.3 Å². The van der Waals surface area contributed by atoms with E-state index in [0.717, 1.165) is 0 Å². The quantitative estimate of drug-likeness (QED) is 0.518. The SMILES string of the molecule is CC(CO)n1cnc2c(-c3cccnc3)nc(-c3ccc(C(=O)O)nc3)cc2c1=O. The second kappa shape index (κ2) is 7.80. The summed E-state index contributed by atoms with van der Waals surface area (Å²) in [6.45, 7) is 1.51. The van der Waals surface area contributed by atoms with E-state index in [-0.39, 0.29) is 17.9 Å². The molecule has 4 aromatic rings. The Labute approximate surface area is 170 Å². The van der Waals surface area contributed by atoms with E-state index in [1.54, 1.807) is 37.5 Å². The van der Waals surface area contributed by atoms with Crippen LogP contribution in [0.15, 0.2) is 60.0 Å². The first-order valence-electron chi connectivity index (χ1n) is 9.12. The molecule has 9 heteroatoms. The van der Waals surface area contributed by atoms with Crippen LogP contribution in [0, 0.1) is 0 Å². The summed E-state index contributed by atoms with van der Waals surface area (Å²) in [6, 6.07) is 7.69. The van der Waals surface area contributed by atoms with Gasteiger partial charge in [0.15, 0.2) is 0 Å². The Morgan fingerprint density at radius 1 is 1.17 bits per heavy atom. The number of aliphatic hydroxyl groups is 1. The van der Waals surface area contributed by atoms with E-state index in [1.807, 2.05) is 6.07 Å². The van der Waals surface area contributed by atoms with Crippen LogP contribution in [0.3, 0.4) is 0 Å². The lowest BCUT2D eigenvalue weighted by atomic mass is 10.1. The van der Waals surface area contributed by atoms with E-state index in [9.17, 15) is 14.7 Å². The minimum atomic E-state index is -1.13. The van der Waals surface area contributed by atoms with Crippen LogP contribution in [0.1, 0.15) is 23.5 Å². The number of carboxylic acid groups (broad SMARTS) is 1. The molecule has 0 aromatic carbocycles. The lowest BCUT2D eigenvalue weighted by Crippen LogP contribution is -2.25. The summed E-state index contributed by atoms with van der Waals surface area (Å²) in [5, 5.41) is 18.8. The summed E-state index contributed by atoms with van der Waals surface area (Å²) in [7, 11) is 0. The maximum absolute atomic E-state index is 13.1. The molecule has 2 N–H and O–H groups in total. The van der Waals surface area contributed by atoms with Gasteiger partial charge in [0.2, 0.25) is 0 Å². The molecule has 4 rings (SSSR count). The topological polar surface area (TPSA) is 131 Å². The predicted octanol–water partition coefficient (Wildman–Crippen LogP) is 2.17. The molecule has 0 aliphatic carbocycles. The zero-order valence-electron chi connectivity index (χ0n) is 15.9. The fourth-order valence-electron chi connectivity index (χ4n) is 3.07. The summed E-state index contributed by atoms with van der Waals surface area (Å²) in [5.41, 5.74) is 2.15. The third kappa shape index (κ3) is 3.42. The maximum Gasteiger partial charge on any atom is 0.354 e. The molecule has 0 amide bonds. The predicted molar refractivity (Wildman–Crippen MR) is 109 cm³/mol. The van der Waals surface area contributed by atoms with Gasteiger partial charge in [-0.25, -0.2) is 19.7 Å². The average Bonchev–Trinajstić information content (AvgIpc) is 2.79. The largest absolute Gasteiger partial charge is 0.477 e. The molecule has 0 aliphatic heterocycles. The minimum Gasteiger partial charge on any atom is -0.477 e. The van der Waals surface area contributed by atoms with E-state index >= 15 is 0 Å². The van der Waals surface area contributed by atoms with Gasteiger partial charge in [-0.05, 0) is 37.3 Å². The van der Waals surface area contributed by atoms with Crippen molar-refractivity contribution in [2.45, 2.75) is 13.0 Å². The molecule has 9 nitrogen and oxygen atoms in total. The van der Waals surface area contributed by atoms with Gasteiger partial charge < -0.3 is 10.2 Å². The molecular weight excluding hydrogens is 386 g/mol. The fourth-order valence-corrected chi connectivity index (χ4v) is 3.07. The normalized spacial score (nSPS) is 12.1. The number of aliphatic hydroxyl groups excluding tert-OH is 1. The molecule has 30 heavy (non-hydrogen) atoms. The van der Waals surface area contributed by atoms with Gasteiger partial charge in [-0.15, -0.1) is 0 Å². The van der Waals surface area contributed by atoms with Gasteiger partial charge in [0.05, 0.1) is 35.8 Å². The van der Waals surface area contributed by atoms with E-state index in [0.29, 0.717) is 33.4 Å². The van der Waals surface area contributed by atoms with Crippen LogP contribution in [0.2, 0.25) is 0 Å². The van der Waals surface area contributed by atoms with E-state index in [1.165, 1.54) is 23.2 Å². The fraction of sp³-hybridized carbons (Fsp3) is 0.143. The molecule has 0 aliphatic rings. The van der Waals surface area contributed by atoms with Crippen molar-refractivity contribution in [1.29, 1.82) is 0 Å². The highest BCUT2D eigenvalue weighted by atomic mass is 16.4. The molecule has 0 saturated carbocycles. The number of nitrogens with zero attached hydrogens (tertiary/aromatic N) is 5. The number of carboxylic acids is 1. The van der Waals surface area contributed by atoms with Gasteiger partial charge in [0.25, 0.3) is 5.56 Å². The molecule has 1 atom stereocenters. The van der Waals surface area contributed by atoms with Crippen molar-refractivity contribution in [2.24, 2.45) is 0 Å². The summed E-state index contributed by atoms with van der Waals surface area (Å²) in [5.74, 6) is -1.13. The molecule has 4 heterocycles. The lowest BCUT2D eigenvalue weighted by Gasteiger charge is -2.14. The van der Waals surface area contributed by atoms with Crippen molar-refractivity contribution in [3.8, 4) is 22.5 Å². The molecule has 0 bridgehead atoms. The standard InChI is InChI=1S/C21H17N5O4/c1-12(10-27)26-11-24-19-15(20(26)28)7-17(13-4-5-16(21(29)30)23-9-13)25-18(19)14-3-2-6-22-8-14/h2-9,11-12,27H,10H2,1H3,(H,29,30). The lowest BCUT2D eigenvalue weighted by molar-refractivity contribution is 0.0690. The van der Waals surface area contributed by atoms with Gasteiger partial charge >= 0.3 is 5.97 Å². The van der Waals surface area contributed by atoms with Crippen LogP contribution in [-0.2, 0) is 0 Å². The first-order valence-corrected chi connectivity index (χ1v) is 9.12. The Morgan fingerprint density at radius 3 is 2.63 bits per heavy atom. The molecule has 0 radical (unpaired) electrons. The molecule has 0 fully saturated rings. The third-order valence-electron chi connectivity index (χ3n) is 4.72. The van der Waals surface area contributed by atoms with E-state index < -0.39 is 12.0 Å². The smallest absolute Gasteiger partial charge is 0.354 e. The number of carbonyl (C=O) groups is 1. The van der Waals surface area contributed by atoms with Gasteiger partial charge in [0.1, 0.15) is 11.2 Å². The van der Waals surface area contributed by atoms with Gasteiger partial charge in [0, 0.05) is 29.7 Å². The number of hydrogen-bond donors (Lipinski definition) is 2. The van der Waals surface area contributed by atoms with Crippen molar-refractivity contribution in [3.63, 3.8) is 0 Å². The minimum absolute atomic E-state index is 0.0900. The zero-order chi connectivity index (χ0) is 21.3. The summed E-state index contributed by atoms with van der Waals surface area (Å²) < 4.78 is 1.37. The van der Waals surface area contributed by atoms with E-state index in [2.05, 4.69) is 19.9 Å². The second-order valence-electron chi connectivity index (χ2n) is 6.72. The highest BCUT2D eigenvalue weighted by Crippen LogP contribution is 2.28. The van der Waals surface area contributed by atoms with Crippen LogP contribution >= 0.6 is 0 Å². The second-order valence-corrected chi connectivity index (χ2v) is 6.72. The molecule has 4 aromatic heterocycles. The maximum atomic E-state index is 13.1. The molecule has 150 valence electrons. The summed E-state index contributed by atoms with van der Waals surface area (Å²) in [6.07, 6.45) is 6.06. The average molecular weight is 403 g/mol. The first kappa shape index (κ1) is 19.3. The Hall–Kier alpha value is -3.98. The summed E-state index contributed by atoms with van der Waals surface area (Å²) >= 11 is 0. The van der Waals surface area contributed by atoms with Crippen LogP contribution in [-0.4, -0.2) is 47.3 Å². The van der Waals surface area contributed by atoms with Crippen LogP contribution in [0.5, 0.6) is 0 Å². The van der Waals surface area contributed by atoms with Crippen LogP contribution in [0.4, 0.5) is 0 Å². The van der Waals surface area contributed by atoms with Gasteiger partial charge in [-0.3, -0.25) is 14.3 Å². The molecular formula is C21H17N5O4. The van der Waals surface area contributed by atoms with Crippen molar-refractivity contribution in [1.82, 2.24) is 24.5 Å². The third-order valence-corrected chi connectivity index (χ3v) is 4.72. The highest BCUT2D eigenvalue weighted by Gasteiger charge is 2.17. The summed E-state index contributed by atoms with van der Waals surface area (Å²) in [4.78, 5) is 41.3. The van der Waals surface area contributed by atoms with Crippen LogP contribution in [0.25, 0.3) is 33.4 Å². The number of rotatable bonds is 5. The van der Waals surface area contributed by atoms with Crippen molar-refractivity contribution in [2.75, 3.05) is 6.61 Å². The number of fused-ring (bicyclic) bond motifs is 1. The first-order chi connectivity index (χ1) is 14.5. The Bertz CT molecular complexity index is 1290. The monoisotopic (exact) mass is 403 g/mol. The van der Waals surface area contributed by atoms with E-state index in [4.69, 9.17) is 5.11 Å². The van der Waals surface area contributed by atoms with Gasteiger partial charge in [-0.1, -0.05) is 0 Å². The molecule has 0 saturated heterocycles. The Kier molecular flexibility index (Phi) is 5.03. The number of pyridine rings is 3. The number of hydrogen-bond acceptors (Lipinski definition) is 7.